The van der Waals surface area contributed by atoms with Gasteiger partial charge in [-0.3, -0.25) is 9.59 Å². The fraction of sp³-hybridized carbons (Fsp3) is 0.833. The Kier molecular flexibility index (Phi) is 3.96. The average Bonchev–Trinajstić information content (AvgIpc) is 3.14. The number of hydrogen-bond acceptors (Lipinski definition) is 3. The smallest absolute Gasteiger partial charge is 0.343 e. The molecule has 2 amide bonds. The number of rotatable bonds is 4. The van der Waals surface area contributed by atoms with Crippen LogP contribution in [0.5, 0.6) is 0 Å². The molecule has 1 saturated heterocycles. The predicted octanol–water partition coefficient (Wildman–Crippen LogP) is 1.75. The number of carbonyl (C=O) groups excluding carboxylic acids is 2. The standard InChI is InChI=1S/C12H17F3N2O2S/c1-7-9(18)17(5-6-20-12(13,14)15)11(2,8-3-4-8)10(19)16-7/h7-8H,3-6H2,1-2H3,(H,16,19). The van der Waals surface area contributed by atoms with Crippen molar-refractivity contribution in [2.24, 2.45) is 5.92 Å². The second-order valence-corrected chi connectivity index (χ2v) is 6.56. The van der Waals surface area contributed by atoms with Gasteiger partial charge in [0, 0.05) is 12.3 Å². The van der Waals surface area contributed by atoms with E-state index in [9.17, 15) is 22.8 Å². The molecule has 1 aliphatic carbocycles. The largest absolute Gasteiger partial charge is 0.441 e. The van der Waals surface area contributed by atoms with Crippen molar-refractivity contribution in [3.63, 3.8) is 0 Å². The van der Waals surface area contributed by atoms with Crippen LogP contribution in [-0.2, 0) is 9.59 Å². The summed E-state index contributed by atoms with van der Waals surface area (Å²) in [5.74, 6) is -0.766. The summed E-state index contributed by atoms with van der Waals surface area (Å²) in [4.78, 5) is 25.7. The van der Waals surface area contributed by atoms with Crippen molar-refractivity contribution in [1.82, 2.24) is 10.2 Å². The normalized spacial score (nSPS) is 31.4. The minimum atomic E-state index is -4.32. The summed E-state index contributed by atoms with van der Waals surface area (Å²) >= 11 is -0.161. The molecule has 114 valence electrons. The van der Waals surface area contributed by atoms with Crippen LogP contribution in [0.25, 0.3) is 0 Å². The number of piperazine rings is 1. The summed E-state index contributed by atoms with van der Waals surface area (Å²) in [6.45, 7) is 3.15. The van der Waals surface area contributed by atoms with E-state index in [1.54, 1.807) is 13.8 Å². The lowest BCUT2D eigenvalue weighted by Crippen LogP contribution is -2.70. The van der Waals surface area contributed by atoms with E-state index in [1.165, 1.54) is 4.90 Å². The van der Waals surface area contributed by atoms with Crippen LogP contribution < -0.4 is 5.32 Å². The second kappa shape index (κ2) is 5.13. The number of thioether (sulfide) groups is 1. The molecule has 0 aromatic carbocycles. The van der Waals surface area contributed by atoms with Gasteiger partial charge in [0.2, 0.25) is 11.8 Å². The zero-order valence-corrected chi connectivity index (χ0v) is 12.1. The third-order valence-corrected chi connectivity index (χ3v) is 4.67. The van der Waals surface area contributed by atoms with Gasteiger partial charge in [-0.15, -0.1) is 0 Å². The predicted molar refractivity (Wildman–Crippen MR) is 69.0 cm³/mol. The van der Waals surface area contributed by atoms with Gasteiger partial charge >= 0.3 is 5.51 Å². The van der Waals surface area contributed by atoms with Crippen molar-refractivity contribution in [2.75, 3.05) is 12.3 Å². The summed E-state index contributed by atoms with van der Waals surface area (Å²) in [7, 11) is 0. The van der Waals surface area contributed by atoms with Crippen molar-refractivity contribution >= 4 is 23.6 Å². The van der Waals surface area contributed by atoms with Crippen LogP contribution in [0.3, 0.4) is 0 Å². The van der Waals surface area contributed by atoms with Crippen molar-refractivity contribution < 1.29 is 22.8 Å². The van der Waals surface area contributed by atoms with Crippen LogP contribution in [0.2, 0.25) is 0 Å². The van der Waals surface area contributed by atoms with E-state index in [0.717, 1.165) is 12.8 Å². The summed E-state index contributed by atoms with van der Waals surface area (Å²) in [6.07, 6.45) is 1.66. The van der Waals surface area contributed by atoms with Crippen LogP contribution in [0.15, 0.2) is 0 Å². The molecule has 20 heavy (non-hydrogen) atoms. The first kappa shape index (κ1) is 15.5. The first-order chi connectivity index (χ1) is 9.16. The van der Waals surface area contributed by atoms with Gasteiger partial charge in [0.25, 0.3) is 0 Å². The molecule has 1 heterocycles. The number of nitrogens with zero attached hydrogens (tertiary/aromatic N) is 1. The number of halogens is 3. The lowest BCUT2D eigenvalue weighted by Gasteiger charge is -2.46. The Labute approximate surface area is 119 Å². The molecule has 1 saturated carbocycles. The molecule has 1 N–H and O–H groups in total. The maximum absolute atomic E-state index is 12.2. The van der Waals surface area contributed by atoms with Gasteiger partial charge in [0.1, 0.15) is 11.6 Å². The van der Waals surface area contributed by atoms with Crippen molar-refractivity contribution in [3.05, 3.63) is 0 Å². The third kappa shape index (κ3) is 2.89. The van der Waals surface area contributed by atoms with E-state index < -0.39 is 17.1 Å². The fourth-order valence-corrected chi connectivity index (χ4v) is 3.14. The summed E-state index contributed by atoms with van der Waals surface area (Å²) in [6, 6.07) is -0.676. The maximum Gasteiger partial charge on any atom is 0.441 e. The van der Waals surface area contributed by atoms with E-state index in [0.29, 0.717) is 0 Å². The minimum Gasteiger partial charge on any atom is -0.343 e. The second-order valence-electron chi connectivity index (χ2n) is 5.40. The number of alkyl halides is 3. The highest BCUT2D eigenvalue weighted by atomic mass is 32.2. The molecule has 0 bridgehead atoms. The highest BCUT2D eigenvalue weighted by molar-refractivity contribution is 8.00. The minimum absolute atomic E-state index is 0.0508. The van der Waals surface area contributed by atoms with Gasteiger partial charge in [0.15, 0.2) is 0 Å². The Morgan fingerprint density at radius 3 is 2.50 bits per heavy atom. The van der Waals surface area contributed by atoms with Crippen LogP contribution in [0, 0.1) is 5.92 Å². The first-order valence-corrected chi connectivity index (χ1v) is 7.48. The van der Waals surface area contributed by atoms with Crippen molar-refractivity contribution in [1.29, 1.82) is 0 Å². The highest BCUT2D eigenvalue weighted by Gasteiger charge is 2.56. The lowest BCUT2D eigenvalue weighted by atomic mass is 9.88. The summed E-state index contributed by atoms with van der Waals surface area (Å²) in [5, 5.41) is 2.62. The SMILES string of the molecule is CC1NC(=O)C(C)(C2CC2)N(CCSC(F)(F)F)C1=O. The number of carbonyl (C=O) groups is 2. The number of amides is 2. The van der Waals surface area contributed by atoms with Gasteiger partial charge in [0.05, 0.1) is 0 Å². The quantitative estimate of drug-likeness (QED) is 0.861. The van der Waals surface area contributed by atoms with Crippen LogP contribution >= 0.6 is 11.8 Å². The van der Waals surface area contributed by atoms with Gasteiger partial charge in [-0.1, -0.05) is 0 Å². The Morgan fingerprint density at radius 1 is 1.40 bits per heavy atom. The van der Waals surface area contributed by atoms with Gasteiger partial charge in [-0.25, -0.2) is 0 Å². The number of nitrogens with one attached hydrogen (secondary N) is 1. The zero-order valence-electron chi connectivity index (χ0n) is 11.3. The fourth-order valence-electron chi connectivity index (χ4n) is 2.64. The average molecular weight is 310 g/mol. The van der Waals surface area contributed by atoms with E-state index >= 15 is 0 Å². The molecular formula is C12H17F3N2O2S. The summed E-state index contributed by atoms with van der Waals surface area (Å²) in [5.41, 5.74) is -5.32. The van der Waals surface area contributed by atoms with Gasteiger partial charge in [-0.05, 0) is 44.4 Å². The van der Waals surface area contributed by atoms with Gasteiger partial charge < -0.3 is 10.2 Å². The lowest BCUT2D eigenvalue weighted by molar-refractivity contribution is -0.157. The maximum atomic E-state index is 12.2. The van der Waals surface area contributed by atoms with Crippen LogP contribution in [0.4, 0.5) is 13.2 Å². The van der Waals surface area contributed by atoms with Crippen molar-refractivity contribution in [2.45, 2.75) is 43.8 Å². The highest BCUT2D eigenvalue weighted by Crippen LogP contribution is 2.45. The molecular weight excluding hydrogens is 293 g/mol. The molecule has 0 aromatic rings. The van der Waals surface area contributed by atoms with Crippen molar-refractivity contribution in [3.8, 4) is 0 Å². The molecule has 1 aliphatic heterocycles. The Morgan fingerprint density at radius 2 is 2.00 bits per heavy atom. The molecule has 8 heteroatoms. The molecule has 2 aliphatic rings. The molecule has 0 spiro atoms. The Balaban J connectivity index is 2.11. The monoisotopic (exact) mass is 310 g/mol. The van der Waals surface area contributed by atoms with E-state index in [2.05, 4.69) is 5.32 Å². The topological polar surface area (TPSA) is 49.4 Å². The molecule has 4 nitrogen and oxygen atoms in total. The molecule has 0 aromatic heterocycles. The first-order valence-electron chi connectivity index (χ1n) is 6.49. The molecule has 2 atom stereocenters. The van der Waals surface area contributed by atoms with E-state index in [4.69, 9.17) is 0 Å². The molecule has 2 fully saturated rings. The molecule has 2 unspecified atom stereocenters. The van der Waals surface area contributed by atoms with Crippen LogP contribution in [0.1, 0.15) is 26.7 Å². The molecule has 0 radical (unpaired) electrons. The zero-order chi connectivity index (χ0) is 15.1. The van der Waals surface area contributed by atoms with Crippen LogP contribution in [-0.4, -0.2) is 46.1 Å². The molecule has 2 rings (SSSR count). The number of hydrogen-bond donors (Lipinski definition) is 1. The van der Waals surface area contributed by atoms with Gasteiger partial charge in [-0.2, -0.15) is 13.2 Å². The van der Waals surface area contributed by atoms with E-state index in [1.807, 2.05) is 0 Å². The Hall–Kier alpha value is -0.920. The third-order valence-electron chi connectivity index (χ3n) is 3.96. The van der Waals surface area contributed by atoms with E-state index in [-0.39, 0.29) is 41.8 Å². The Bertz CT molecular complexity index is 425. The summed E-state index contributed by atoms with van der Waals surface area (Å²) < 4.78 is 36.6.